The van der Waals surface area contributed by atoms with Crippen molar-refractivity contribution in [2.24, 2.45) is 7.05 Å². The van der Waals surface area contributed by atoms with Gasteiger partial charge in [0.15, 0.2) is 0 Å². The maximum Gasteiger partial charge on any atom is 0.132 e. The van der Waals surface area contributed by atoms with E-state index in [2.05, 4.69) is 21.8 Å². The lowest BCUT2D eigenvalue weighted by atomic mass is 10.2. The van der Waals surface area contributed by atoms with Gasteiger partial charge in [-0.25, -0.2) is 0 Å². The van der Waals surface area contributed by atoms with Crippen molar-refractivity contribution in [3.05, 3.63) is 11.3 Å². The van der Waals surface area contributed by atoms with E-state index in [1.807, 2.05) is 18.7 Å². The van der Waals surface area contributed by atoms with E-state index in [0.29, 0.717) is 0 Å². The van der Waals surface area contributed by atoms with Crippen molar-refractivity contribution in [1.29, 1.82) is 0 Å². The van der Waals surface area contributed by atoms with Gasteiger partial charge in [0.1, 0.15) is 5.82 Å². The summed E-state index contributed by atoms with van der Waals surface area (Å²) in [6, 6.07) is 0. The summed E-state index contributed by atoms with van der Waals surface area (Å²) in [6.07, 6.45) is 0. The van der Waals surface area contributed by atoms with Crippen LogP contribution in [-0.2, 0) is 13.7 Å². The fraction of sp³-hybridized carbons (Fsp3) is 0.750. The molecule has 0 aromatic carbocycles. The number of hydrogen-bond acceptors (Lipinski definition) is 4. The summed E-state index contributed by atoms with van der Waals surface area (Å²) >= 11 is 0. The average molecular weight is 238 g/mol. The lowest BCUT2D eigenvalue weighted by Gasteiger charge is -2.35. The number of aromatic nitrogens is 2. The van der Waals surface area contributed by atoms with Gasteiger partial charge in [-0.1, -0.05) is 6.92 Å². The van der Waals surface area contributed by atoms with Crippen LogP contribution < -0.4 is 4.90 Å². The van der Waals surface area contributed by atoms with E-state index in [4.69, 9.17) is 0 Å². The van der Waals surface area contributed by atoms with Gasteiger partial charge in [0, 0.05) is 38.8 Å². The van der Waals surface area contributed by atoms with Gasteiger partial charge in [0.2, 0.25) is 0 Å². The Morgan fingerprint density at radius 2 is 1.88 bits per heavy atom. The first-order valence-electron chi connectivity index (χ1n) is 6.28. The van der Waals surface area contributed by atoms with Crippen LogP contribution in [0.2, 0.25) is 0 Å². The molecule has 0 amide bonds. The summed E-state index contributed by atoms with van der Waals surface area (Å²) in [7, 11) is 1.95. The highest BCUT2D eigenvalue weighted by Crippen LogP contribution is 2.24. The smallest absolute Gasteiger partial charge is 0.132 e. The zero-order chi connectivity index (χ0) is 12.4. The molecule has 5 heteroatoms. The van der Waals surface area contributed by atoms with Gasteiger partial charge in [0.05, 0.1) is 12.3 Å². The first-order chi connectivity index (χ1) is 8.17. The number of likely N-dealkylation sites (N-methyl/N-ethyl adjacent to an activating group) is 1. The number of hydrogen-bond donors (Lipinski definition) is 1. The van der Waals surface area contributed by atoms with Gasteiger partial charge in [-0.3, -0.25) is 4.68 Å². The molecule has 17 heavy (non-hydrogen) atoms. The molecule has 0 radical (unpaired) electrons. The Bertz CT molecular complexity index is 380. The quantitative estimate of drug-likeness (QED) is 0.826. The van der Waals surface area contributed by atoms with Crippen molar-refractivity contribution in [1.82, 2.24) is 14.7 Å². The summed E-state index contributed by atoms with van der Waals surface area (Å²) in [6.45, 7) is 9.55. The molecule has 0 unspecified atom stereocenters. The van der Waals surface area contributed by atoms with Gasteiger partial charge >= 0.3 is 0 Å². The lowest BCUT2D eigenvalue weighted by Crippen LogP contribution is -2.47. The molecule has 96 valence electrons. The number of anilines is 1. The van der Waals surface area contributed by atoms with E-state index in [1.54, 1.807) is 0 Å². The van der Waals surface area contributed by atoms with Crippen LogP contribution in [0.15, 0.2) is 0 Å². The van der Waals surface area contributed by atoms with Crippen LogP contribution >= 0.6 is 0 Å². The highest BCUT2D eigenvalue weighted by Gasteiger charge is 2.22. The highest BCUT2D eigenvalue weighted by atomic mass is 16.3. The second-order valence-electron chi connectivity index (χ2n) is 4.59. The van der Waals surface area contributed by atoms with E-state index in [1.165, 1.54) is 0 Å². The summed E-state index contributed by atoms with van der Waals surface area (Å²) in [4.78, 5) is 4.77. The average Bonchev–Trinajstić information content (AvgIpc) is 2.63. The Morgan fingerprint density at radius 1 is 1.24 bits per heavy atom. The van der Waals surface area contributed by atoms with Gasteiger partial charge in [-0.05, 0) is 13.5 Å². The predicted molar refractivity (Wildman–Crippen MR) is 68.2 cm³/mol. The largest absolute Gasteiger partial charge is 0.391 e. The minimum atomic E-state index is 0.0724. The number of aryl methyl sites for hydroxylation is 2. The first-order valence-corrected chi connectivity index (χ1v) is 6.28. The van der Waals surface area contributed by atoms with Crippen molar-refractivity contribution in [2.75, 3.05) is 37.6 Å². The van der Waals surface area contributed by atoms with Crippen LogP contribution in [-0.4, -0.2) is 52.5 Å². The van der Waals surface area contributed by atoms with Crippen molar-refractivity contribution >= 4 is 5.82 Å². The molecule has 1 aromatic rings. The Morgan fingerprint density at radius 3 is 2.41 bits per heavy atom. The van der Waals surface area contributed by atoms with Crippen molar-refractivity contribution < 1.29 is 5.11 Å². The molecule has 1 aromatic heterocycles. The lowest BCUT2D eigenvalue weighted by molar-refractivity contribution is 0.265. The molecule has 0 spiro atoms. The Labute approximate surface area is 103 Å². The van der Waals surface area contributed by atoms with Gasteiger partial charge in [0.25, 0.3) is 0 Å². The SMILES string of the molecule is CCN1CCN(c2c(CO)c(C)nn2C)CC1. The monoisotopic (exact) mass is 238 g/mol. The van der Waals surface area contributed by atoms with Crippen LogP contribution in [0, 0.1) is 6.92 Å². The minimum absolute atomic E-state index is 0.0724. The number of aliphatic hydroxyl groups is 1. The fourth-order valence-electron chi connectivity index (χ4n) is 2.55. The highest BCUT2D eigenvalue weighted by molar-refractivity contribution is 5.50. The van der Waals surface area contributed by atoms with Crippen molar-refractivity contribution in [3.8, 4) is 0 Å². The molecule has 2 rings (SSSR count). The Balaban J connectivity index is 2.18. The fourth-order valence-corrected chi connectivity index (χ4v) is 2.55. The molecule has 1 fully saturated rings. The molecule has 1 aliphatic rings. The topological polar surface area (TPSA) is 44.5 Å². The summed E-state index contributed by atoms with van der Waals surface area (Å²) in [5.41, 5.74) is 1.90. The number of aliphatic hydroxyl groups excluding tert-OH is 1. The third-order valence-corrected chi connectivity index (χ3v) is 3.59. The van der Waals surface area contributed by atoms with E-state index < -0.39 is 0 Å². The second kappa shape index (κ2) is 5.06. The molecule has 5 nitrogen and oxygen atoms in total. The molecule has 1 saturated heterocycles. The van der Waals surface area contributed by atoms with Crippen LogP contribution in [0.4, 0.5) is 5.82 Å². The number of nitrogens with zero attached hydrogens (tertiary/aromatic N) is 4. The summed E-state index contributed by atoms with van der Waals surface area (Å²) in [5.74, 6) is 1.08. The summed E-state index contributed by atoms with van der Waals surface area (Å²) < 4.78 is 1.89. The molecule has 0 atom stereocenters. The first kappa shape index (κ1) is 12.4. The molecular formula is C12H22N4O. The molecule has 0 bridgehead atoms. The Kier molecular flexibility index (Phi) is 3.69. The van der Waals surface area contributed by atoms with Crippen LogP contribution in [0.5, 0.6) is 0 Å². The van der Waals surface area contributed by atoms with Crippen LogP contribution in [0.1, 0.15) is 18.2 Å². The van der Waals surface area contributed by atoms with E-state index >= 15 is 0 Å². The van der Waals surface area contributed by atoms with E-state index in [0.717, 1.165) is 49.8 Å². The third-order valence-electron chi connectivity index (χ3n) is 3.59. The number of piperazine rings is 1. The standard InChI is InChI=1S/C12H22N4O/c1-4-15-5-7-16(8-6-15)12-11(9-17)10(2)13-14(12)3/h17H,4-9H2,1-3H3. The van der Waals surface area contributed by atoms with Gasteiger partial charge in [-0.2, -0.15) is 5.10 Å². The molecule has 0 saturated carbocycles. The molecule has 1 N–H and O–H groups in total. The van der Waals surface area contributed by atoms with Crippen LogP contribution in [0.25, 0.3) is 0 Å². The van der Waals surface area contributed by atoms with Gasteiger partial charge in [-0.15, -0.1) is 0 Å². The van der Waals surface area contributed by atoms with Crippen LogP contribution in [0.3, 0.4) is 0 Å². The molecule has 0 aliphatic carbocycles. The van der Waals surface area contributed by atoms with E-state index in [-0.39, 0.29) is 6.61 Å². The summed E-state index contributed by atoms with van der Waals surface area (Å²) in [5, 5.41) is 13.8. The third kappa shape index (κ3) is 2.30. The van der Waals surface area contributed by atoms with Crippen molar-refractivity contribution in [3.63, 3.8) is 0 Å². The maximum atomic E-state index is 9.45. The van der Waals surface area contributed by atoms with Gasteiger partial charge < -0.3 is 14.9 Å². The zero-order valence-electron chi connectivity index (χ0n) is 11.0. The normalized spacial score (nSPS) is 17.8. The van der Waals surface area contributed by atoms with E-state index in [9.17, 15) is 5.11 Å². The second-order valence-corrected chi connectivity index (χ2v) is 4.59. The number of rotatable bonds is 3. The molecule has 2 heterocycles. The predicted octanol–water partition coefficient (Wildman–Crippen LogP) is 0.363. The maximum absolute atomic E-state index is 9.45. The molecule has 1 aliphatic heterocycles. The minimum Gasteiger partial charge on any atom is -0.391 e. The van der Waals surface area contributed by atoms with Crippen molar-refractivity contribution in [2.45, 2.75) is 20.5 Å². The Hall–Kier alpha value is -1.07. The zero-order valence-corrected chi connectivity index (χ0v) is 11.0. The molecular weight excluding hydrogens is 216 g/mol.